The number of carboxylic acid groups (broad SMARTS) is 4. The highest BCUT2D eigenvalue weighted by Gasteiger charge is 2.52. The van der Waals surface area contributed by atoms with Crippen LogP contribution >= 0.6 is 58.8 Å². The van der Waals surface area contributed by atoms with Gasteiger partial charge in [0.25, 0.3) is 28.8 Å². The smallest absolute Gasteiger partial charge is 0.314 e. The van der Waals surface area contributed by atoms with Crippen LogP contribution in [0.3, 0.4) is 0 Å². The molecule has 5 aromatic carbocycles. The van der Waals surface area contributed by atoms with Crippen molar-refractivity contribution in [2.24, 2.45) is 94.7 Å². The van der Waals surface area contributed by atoms with Crippen molar-refractivity contribution < 1.29 is 115 Å². The van der Waals surface area contributed by atoms with E-state index in [1.807, 2.05) is 18.2 Å². The molecule has 0 saturated heterocycles. The summed E-state index contributed by atoms with van der Waals surface area (Å²) in [6.45, 7) is 11.2. The molecule has 0 spiro atoms. The molecule has 0 aliphatic heterocycles. The zero-order valence-corrected chi connectivity index (χ0v) is 89.2. The van der Waals surface area contributed by atoms with Crippen LogP contribution in [0, 0.1) is 124 Å². The highest BCUT2D eigenvalue weighted by molar-refractivity contribution is 8.00. The first-order valence-corrected chi connectivity index (χ1v) is 58.6. The Hall–Kier alpha value is -5.85. The van der Waals surface area contributed by atoms with Gasteiger partial charge in [0.1, 0.15) is 34.8 Å². The number of carboxylic acids is 4. The topological polar surface area (TPSA) is 175 Å². The third kappa shape index (κ3) is 33.3. The van der Waals surface area contributed by atoms with Crippen LogP contribution in [0.4, 0.5) is 65.9 Å². The second kappa shape index (κ2) is 57.7. The minimum atomic E-state index is -2.68. The van der Waals surface area contributed by atoms with Gasteiger partial charge in [-0.05, 0) is 362 Å². The monoisotopic (exact) mass is 2140 g/mol. The SMILES string of the molecule is CCC1CCC([C@]2(c3ccc(SC(F)F)c(F)c3)CC[C@@H](C(=O)O)CC2)CC1.CCCC1CCC([C@]2(c3ccc(SC(F)F)c(F)c3)CC[C@@H](C(=O)O)CC2)CC1.CCCCC1CCC([C@]2(c3ccc(SC(F)F)c(F)c3)CC[C@@H](C(=O)O)CC2)CC1.CCCCCC1CCC([C@]2(c3ccc(SC(F)F)c(F)c3)CC[C@@H](C(=O)O)CC2)CC1.C[C@H]1CC[C@H]([C@H]2CC[C@H](C(=O)Oc3ccc(SC(F)F)c(F)c3)CC2)CC1. The fraction of sp³-hybridized carbons (Fsp3) is 0.696. The maximum atomic E-state index is 14.7. The molecule has 0 heterocycles. The second-order valence-electron chi connectivity index (χ2n) is 43.9. The van der Waals surface area contributed by atoms with Gasteiger partial charge < -0.3 is 25.2 Å². The summed E-state index contributed by atoms with van der Waals surface area (Å²) in [7, 11) is 0. The number of ether oxygens (including phenoxy) is 1. The molecule has 10 fully saturated rings. The molecule has 0 amide bonds. The Morgan fingerprint density at radius 2 is 0.552 bits per heavy atom. The Morgan fingerprint density at radius 3 is 0.800 bits per heavy atom. The number of hydrogen-bond acceptors (Lipinski definition) is 11. The van der Waals surface area contributed by atoms with E-state index in [1.165, 1.54) is 189 Å². The lowest BCUT2D eigenvalue weighted by Crippen LogP contribution is -2.42. The van der Waals surface area contributed by atoms with Crippen LogP contribution < -0.4 is 4.74 Å². The Morgan fingerprint density at radius 1 is 0.297 bits per heavy atom. The Balaban J connectivity index is 0.000000173. The molecule has 145 heavy (non-hydrogen) atoms. The molecule has 4 N–H and O–H groups in total. The van der Waals surface area contributed by atoms with Crippen LogP contribution in [-0.2, 0) is 45.6 Å². The van der Waals surface area contributed by atoms with Crippen molar-refractivity contribution in [3.05, 3.63) is 142 Å². The van der Waals surface area contributed by atoms with E-state index in [9.17, 15) is 110 Å². The molecule has 10 nitrogen and oxygen atoms in total. The molecule has 30 heteroatoms. The summed E-state index contributed by atoms with van der Waals surface area (Å²) in [5.74, 6) is -14.2. The molecule has 0 radical (unpaired) electrons. The number of esters is 1. The third-order valence-electron chi connectivity index (χ3n) is 35.9. The molecule has 5 aromatic rings. The van der Waals surface area contributed by atoms with Crippen LogP contribution in [0.5, 0.6) is 5.75 Å². The fourth-order valence-electron chi connectivity index (χ4n) is 27.5. The summed E-state index contributed by atoms with van der Waals surface area (Å²) in [5, 5.41) is 37.7. The normalized spacial score (nSPS) is 29.9. The zero-order valence-electron chi connectivity index (χ0n) is 85.1. The van der Waals surface area contributed by atoms with E-state index >= 15 is 0 Å². The van der Waals surface area contributed by atoms with Crippen LogP contribution in [0.25, 0.3) is 0 Å². The number of hydrogen-bond donors (Lipinski definition) is 4. The quantitative estimate of drug-likeness (QED) is 0.00990. The van der Waals surface area contributed by atoms with Crippen molar-refractivity contribution in [1.29, 1.82) is 0 Å². The van der Waals surface area contributed by atoms with Gasteiger partial charge in [0.05, 0.1) is 29.6 Å². The van der Waals surface area contributed by atoms with Crippen molar-refractivity contribution >= 4 is 88.7 Å². The Kier molecular flexibility index (Phi) is 47.5. The summed E-state index contributed by atoms with van der Waals surface area (Å²) in [6.07, 6.45) is 50.1. The van der Waals surface area contributed by atoms with Gasteiger partial charge in [-0.15, -0.1) is 0 Å². The van der Waals surface area contributed by atoms with Crippen molar-refractivity contribution in [3.8, 4) is 5.75 Å². The summed E-state index contributed by atoms with van der Waals surface area (Å²) >= 11 is 1.10. The third-order valence-corrected chi connectivity index (χ3v) is 39.8. The van der Waals surface area contributed by atoms with Crippen LogP contribution in [0.15, 0.2) is 115 Å². The minimum absolute atomic E-state index is 0.0206. The maximum absolute atomic E-state index is 14.7. The van der Waals surface area contributed by atoms with Gasteiger partial charge in [-0.3, -0.25) is 24.0 Å². The molecule has 0 atom stereocenters. The van der Waals surface area contributed by atoms with Crippen LogP contribution in [0.2, 0.25) is 0 Å². The molecule has 810 valence electrons. The van der Waals surface area contributed by atoms with Gasteiger partial charge in [0.2, 0.25) is 0 Å². The number of carbonyl (C=O) groups is 5. The number of alkyl halides is 10. The number of rotatable bonds is 35. The predicted octanol–water partition coefficient (Wildman–Crippen LogP) is 36.5. The van der Waals surface area contributed by atoms with Crippen molar-refractivity contribution in [2.75, 3.05) is 0 Å². The standard InChI is InChI=1S/C25H35F3O2S.C24H33F3O2S.C23H31F3O2S.C22H29F3O2S.C21H27F3O2S/c1-2-3-4-5-17-6-8-19(9-7-17)25(14-12-18(13-15-25)23(29)30)20-10-11-22(21(26)16-20)31-24(27)28;1-2-3-4-16-5-7-18(8-6-16)24(13-11-17(12-14-24)22(28)29)19-9-10-21(20(25)15-19)30-23(26)27;1-2-3-15-4-6-17(7-5-15)23(12-10-16(11-13-23)21(27)28)18-8-9-20(19(24)14-18)29-22(25)26;1-2-14-3-5-16(6-4-14)22(11-9-15(10-12-22)20(26)27)17-7-8-19(18(23)13-17)28-21(24)25;1-13-2-4-14(5-3-13)15-6-8-16(9-7-15)20(25)26-17-10-11-19(18(22)12-17)27-21(23)24/h10-11,16-19,24H,2-9,12-15H2,1H3,(H,29,30);9-10,15-18,23H,2-8,11-14H2,1H3,(H,28,29);8-9,14-17,22H,2-7,10-13H2,1H3,(H,27,28);7-8,13-16,21H,2-6,9-12H2,1H3,(H,26,27);10-16,21H,2-9H2,1H3/t17?,18-,19?,25+;16?,17-,18?,24+;15?,16-,17?,23+;14?,15-,16?,22+;13-,14-,15-,16-. The van der Waals surface area contributed by atoms with Gasteiger partial charge in [-0.2, -0.15) is 43.9 Å². The Labute approximate surface area is 871 Å². The highest BCUT2D eigenvalue weighted by Crippen LogP contribution is 2.59. The second-order valence-corrected chi connectivity index (χ2v) is 49.1. The molecule has 0 unspecified atom stereocenters. The van der Waals surface area contributed by atoms with E-state index in [0.29, 0.717) is 81.0 Å². The lowest BCUT2D eigenvalue weighted by Gasteiger charge is -2.48. The first-order chi connectivity index (χ1) is 69.3. The van der Waals surface area contributed by atoms with Gasteiger partial charge >= 0.3 is 29.8 Å². The number of halogens is 15. The van der Waals surface area contributed by atoms with E-state index in [0.717, 1.165) is 205 Å². The number of thioether (sulfide) groups is 5. The number of benzene rings is 5. The first kappa shape index (κ1) is 119. The van der Waals surface area contributed by atoms with Crippen molar-refractivity contribution in [1.82, 2.24) is 0 Å². The van der Waals surface area contributed by atoms with E-state index in [1.54, 1.807) is 6.07 Å². The molecule has 0 bridgehead atoms. The molecular weight excluding hydrogens is 1990 g/mol. The zero-order chi connectivity index (χ0) is 105. The Bertz CT molecular complexity index is 4820. The van der Waals surface area contributed by atoms with E-state index in [2.05, 4.69) is 34.6 Å². The molecular formula is C115H155F15O10S5. The molecule has 0 aromatic heterocycles. The minimum Gasteiger partial charge on any atom is -0.481 e. The largest absolute Gasteiger partial charge is 0.481 e. The maximum Gasteiger partial charge on any atom is 0.314 e. The van der Waals surface area contributed by atoms with E-state index in [-0.39, 0.29) is 146 Å². The van der Waals surface area contributed by atoms with Crippen molar-refractivity contribution in [2.45, 2.75) is 431 Å². The first-order valence-electron chi connectivity index (χ1n) is 54.2. The average Bonchev–Trinajstić information content (AvgIpc) is 0.814. The van der Waals surface area contributed by atoms with Gasteiger partial charge in [-0.25, -0.2) is 22.0 Å². The number of carbonyl (C=O) groups excluding carboxylic acids is 1. The predicted molar refractivity (Wildman–Crippen MR) is 549 cm³/mol. The van der Waals surface area contributed by atoms with Gasteiger partial charge in [-0.1, -0.05) is 246 Å². The highest BCUT2D eigenvalue weighted by atomic mass is 32.2. The lowest BCUT2D eigenvalue weighted by molar-refractivity contribution is -0.144. The fourth-order valence-corrected chi connectivity index (χ4v) is 30.0. The summed E-state index contributed by atoms with van der Waals surface area (Å²) in [4.78, 5) is 58.1. The number of unbranched alkanes of at least 4 members (excludes halogenated alkanes) is 3. The molecule has 10 aliphatic carbocycles. The van der Waals surface area contributed by atoms with Crippen LogP contribution in [0.1, 0.15) is 378 Å². The summed E-state index contributed by atoms with van der Waals surface area (Å²) < 4.78 is 204. The molecule has 10 aliphatic rings. The van der Waals surface area contributed by atoms with Gasteiger partial charge in [0, 0.05) is 30.5 Å². The van der Waals surface area contributed by atoms with Crippen LogP contribution in [-0.4, -0.2) is 79.1 Å². The van der Waals surface area contributed by atoms with Gasteiger partial charge in [0.15, 0.2) is 0 Å². The van der Waals surface area contributed by atoms with E-state index in [4.69, 9.17) is 4.74 Å². The number of aliphatic carboxylic acids is 4. The summed E-state index contributed by atoms with van der Waals surface area (Å²) in [6, 6.07) is 22.6. The molecule has 15 rings (SSSR count). The van der Waals surface area contributed by atoms with Crippen molar-refractivity contribution in [3.63, 3.8) is 0 Å². The lowest BCUT2D eigenvalue weighted by atomic mass is 9.56. The van der Waals surface area contributed by atoms with E-state index < -0.39 is 81.8 Å². The summed E-state index contributed by atoms with van der Waals surface area (Å²) in [5.41, 5.74) is 2.54. The average molecular weight is 2140 g/mol. The molecule has 10 saturated carbocycles.